The topological polar surface area (TPSA) is 378 Å². The van der Waals surface area contributed by atoms with E-state index < -0.39 is 228 Å². The van der Waals surface area contributed by atoms with Crippen LogP contribution in [-0.2, 0) is 82.2 Å². The second-order valence-corrected chi connectivity index (χ2v) is 30.9. The van der Waals surface area contributed by atoms with E-state index in [4.69, 9.17) is 9.47 Å². The minimum absolute atomic E-state index is 0.110. The number of aliphatic hydroxyl groups is 2. The largest absolute Gasteiger partial charge is 0.462 e. The lowest BCUT2D eigenvalue weighted by Crippen LogP contribution is -2.65. The number of fused-ring (bicyclic) bond motifs is 5. The van der Waals surface area contributed by atoms with Crippen LogP contribution in [0.15, 0.2) is 24.3 Å². The molecule has 4 rings (SSSR count). The van der Waals surface area contributed by atoms with Gasteiger partial charge in [0.1, 0.15) is 66.1 Å². The van der Waals surface area contributed by atoms with E-state index in [0.29, 0.717) is 16.4 Å². The number of hydrogen-bond acceptors (Lipinski definition) is 20. The Hall–Kier alpha value is -8.52. The van der Waals surface area contributed by atoms with Gasteiger partial charge in [0.2, 0.25) is 65.0 Å². The van der Waals surface area contributed by atoms with E-state index in [1.165, 1.54) is 99.0 Å². The maximum Gasteiger partial charge on any atom is 0.304 e. The Bertz CT molecular complexity index is 3400. The Labute approximate surface area is 618 Å². The van der Waals surface area contributed by atoms with Crippen molar-refractivity contribution in [2.75, 3.05) is 81.6 Å². The standard InChI is InChI=1S/C73H119N13O19/c1-28-41(11)53-64(95)80(23)56(40(9)10)67(98)81(24)55(39(7)8)65(96)76(19)35-50(89)78(21)59(72(17,18)101)69(100)83(26)58(43(13)44(14)104-45(15)87)68(99)84(27)70(105-46(16)88)61(92)74-52(37(3)4)63(94)82(25)57(42(12)29-2)66(97)77(20)36-51(90)85-49(62(93)79(22)54(38(5)6)60(91)75-53)34-73(102)47-32-30-31-33-48(47)86(103)71(73)85/h30-33,37-44,49,52-59,70-71,101-103H,28-29,34-36H2,1-27H3,(H,74,92)(H,75,91)/t41-,42-,43-,44-,49-,52+,53-,54-,55-,56-,57-,58-,59+,70+,71+,73+/m0/s1. The summed E-state index contributed by atoms with van der Waals surface area (Å²) in [7, 11) is 11.3. The lowest BCUT2D eigenvalue weighted by atomic mass is 9.90. The first kappa shape index (κ1) is 88.9. The molecule has 105 heavy (non-hydrogen) atoms. The summed E-state index contributed by atoms with van der Waals surface area (Å²) in [5.74, 6) is -18.1. The first-order chi connectivity index (χ1) is 48.3. The number of nitrogens with one attached hydrogen (secondary N) is 2. The molecule has 0 unspecified atom stereocenters. The van der Waals surface area contributed by atoms with Gasteiger partial charge in [-0.2, -0.15) is 0 Å². The summed E-state index contributed by atoms with van der Waals surface area (Å²) >= 11 is 0. The molecule has 0 aliphatic carbocycles. The molecule has 32 heteroatoms. The van der Waals surface area contributed by atoms with Crippen molar-refractivity contribution in [3.05, 3.63) is 29.8 Å². The fourth-order valence-electron chi connectivity index (χ4n) is 14.8. The SMILES string of the molecule is CC[C@H](C)[C@@H]1NC(=O)[C@H](C(C)C)N(C)C(=O)[C@@H]2C[C@@]3(O)c4ccccc4N(O)[C@H]3N2C(=O)CN(C)C(=O)[C@H]([C@@H](C)CC)N(C)C(=O)[C@@H](C(C)C)NC(=O)[C@@H](OC(C)=O)N(C)C(=O)[C@H]([C@@H](C)[C@H](C)OC(C)=O)N(C)C(=O)[C@H](C(C)(C)O)N(C)C(=O)CN(C)C(=O)[C@H](C(C)C)N(C)C(=O)[C@H](C(C)C)N(C)C1=O. The molecule has 5 N–H and O–H groups in total. The van der Waals surface area contributed by atoms with Crippen LogP contribution in [0.3, 0.4) is 0 Å². The lowest BCUT2D eigenvalue weighted by molar-refractivity contribution is -0.175. The van der Waals surface area contributed by atoms with Crippen molar-refractivity contribution < 1.29 is 92.0 Å². The summed E-state index contributed by atoms with van der Waals surface area (Å²) in [6.45, 7) is 25.8. The normalized spacial score (nSPS) is 28.1. The molecule has 3 aliphatic heterocycles. The van der Waals surface area contributed by atoms with Gasteiger partial charge in [0.05, 0.1) is 24.4 Å². The van der Waals surface area contributed by atoms with Gasteiger partial charge in [-0.3, -0.25) is 72.3 Å². The summed E-state index contributed by atoms with van der Waals surface area (Å²) in [6, 6.07) is -7.40. The number of ether oxygens (including phenoxy) is 2. The Balaban J connectivity index is 2.04. The molecule has 3 heterocycles. The molecule has 0 bridgehead atoms. The molecule has 2 saturated heterocycles. The van der Waals surface area contributed by atoms with Gasteiger partial charge in [0.25, 0.3) is 12.1 Å². The van der Waals surface area contributed by atoms with E-state index in [9.17, 15) is 39.4 Å². The van der Waals surface area contributed by atoms with Gasteiger partial charge in [-0.15, -0.1) is 0 Å². The molecule has 2 fully saturated rings. The maximum atomic E-state index is 15.5. The number of benzene rings is 1. The molecular formula is C73H119N13O19. The average Bonchev–Trinajstić information content (AvgIpc) is 1.54. The van der Waals surface area contributed by atoms with Crippen LogP contribution in [-0.4, -0.2) is 302 Å². The summed E-state index contributed by atoms with van der Waals surface area (Å²) in [4.78, 5) is 217. The van der Waals surface area contributed by atoms with E-state index in [1.54, 1.807) is 95.2 Å². The summed E-state index contributed by atoms with van der Waals surface area (Å²) in [5, 5.41) is 42.8. The van der Waals surface area contributed by atoms with Gasteiger partial charge in [0, 0.05) is 95.2 Å². The predicted molar refractivity (Wildman–Crippen MR) is 385 cm³/mol. The smallest absolute Gasteiger partial charge is 0.304 e. The third kappa shape index (κ3) is 19.0. The van der Waals surface area contributed by atoms with E-state index in [0.717, 1.165) is 62.2 Å². The van der Waals surface area contributed by atoms with Crippen molar-refractivity contribution in [2.24, 2.45) is 41.4 Å². The van der Waals surface area contributed by atoms with Crippen molar-refractivity contribution in [1.82, 2.24) is 59.6 Å². The number of para-hydroxylation sites is 1. The highest BCUT2D eigenvalue weighted by molar-refractivity contribution is 6.00. The molecule has 590 valence electrons. The van der Waals surface area contributed by atoms with Gasteiger partial charge >= 0.3 is 11.9 Å². The second kappa shape index (κ2) is 35.7. The van der Waals surface area contributed by atoms with Crippen LogP contribution >= 0.6 is 0 Å². The molecule has 1 aromatic rings. The number of esters is 2. The monoisotopic (exact) mass is 1480 g/mol. The zero-order valence-corrected chi connectivity index (χ0v) is 66.6. The molecule has 1 aromatic carbocycles. The third-order valence-electron chi connectivity index (χ3n) is 21.1. The third-order valence-corrected chi connectivity index (χ3v) is 21.1. The fraction of sp³-hybridized carbons (Fsp3) is 0.726. The van der Waals surface area contributed by atoms with Crippen LogP contribution in [0.5, 0.6) is 0 Å². The summed E-state index contributed by atoms with van der Waals surface area (Å²) in [5.41, 5.74) is -4.01. The number of likely N-dealkylation sites (N-methyl/N-ethyl adjacent to an activating group) is 9. The van der Waals surface area contributed by atoms with Crippen molar-refractivity contribution >= 4 is 88.5 Å². The Morgan fingerprint density at radius 2 is 0.962 bits per heavy atom. The van der Waals surface area contributed by atoms with Crippen LogP contribution in [0, 0.1) is 41.4 Å². The van der Waals surface area contributed by atoms with E-state index in [1.807, 2.05) is 0 Å². The van der Waals surface area contributed by atoms with E-state index in [2.05, 4.69) is 10.6 Å². The number of carbonyl (C=O) groups excluding carboxylic acids is 14. The number of nitrogens with zero attached hydrogens (tertiary/aromatic N) is 11. The first-order valence-corrected chi connectivity index (χ1v) is 36.0. The van der Waals surface area contributed by atoms with Crippen LogP contribution in [0.4, 0.5) is 5.69 Å². The van der Waals surface area contributed by atoms with Crippen molar-refractivity contribution in [1.29, 1.82) is 0 Å². The minimum atomic E-state index is -2.22. The second-order valence-electron chi connectivity index (χ2n) is 30.9. The highest BCUT2D eigenvalue weighted by atomic mass is 16.6. The number of hydroxylamine groups is 1. The molecule has 32 nitrogen and oxygen atoms in total. The molecule has 0 radical (unpaired) electrons. The molecule has 3 aliphatic rings. The Kier molecular flexibility index (Phi) is 30.2. The van der Waals surface area contributed by atoms with Crippen LogP contribution in [0.1, 0.15) is 149 Å². The van der Waals surface area contributed by atoms with Gasteiger partial charge in [0.15, 0.2) is 6.17 Å². The molecule has 16 atom stereocenters. The van der Waals surface area contributed by atoms with E-state index >= 15 is 43.2 Å². The van der Waals surface area contributed by atoms with Gasteiger partial charge in [-0.1, -0.05) is 121 Å². The zero-order valence-electron chi connectivity index (χ0n) is 66.6. The van der Waals surface area contributed by atoms with Crippen molar-refractivity contribution in [2.45, 2.75) is 228 Å². The fourth-order valence-corrected chi connectivity index (χ4v) is 14.8. The van der Waals surface area contributed by atoms with Crippen LogP contribution in [0.25, 0.3) is 0 Å². The average molecular weight is 1480 g/mol. The molecule has 0 spiro atoms. The number of carbonyl (C=O) groups is 14. The first-order valence-electron chi connectivity index (χ1n) is 36.0. The van der Waals surface area contributed by atoms with Crippen LogP contribution < -0.4 is 15.7 Å². The summed E-state index contributed by atoms with van der Waals surface area (Å²) in [6.07, 6.45) is -5.04. The number of anilines is 1. The summed E-state index contributed by atoms with van der Waals surface area (Å²) < 4.78 is 11.1. The number of hydrogen-bond donors (Lipinski definition) is 5. The van der Waals surface area contributed by atoms with Gasteiger partial charge < -0.3 is 79.3 Å². The molecule has 0 aromatic heterocycles. The van der Waals surface area contributed by atoms with Gasteiger partial charge in [-0.05, 0) is 62.3 Å². The highest BCUT2D eigenvalue weighted by Crippen LogP contribution is 2.52. The Morgan fingerprint density at radius 3 is 1.45 bits per heavy atom. The Morgan fingerprint density at radius 1 is 0.524 bits per heavy atom. The van der Waals surface area contributed by atoms with Crippen LogP contribution in [0.2, 0.25) is 0 Å². The van der Waals surface area contributed by atoms with Gasteiger partial charge in [-0.25, -0.2) is 5.06 Å². The molecule has 12 amide bonds. The zero-order chi connectivity index (χ0) is 80.8. The molecule has 0 saturated carbocycles. The van der Waals surface area contributed by atoms with Crippen molar-refractivity contribution in [3.63, 3.8) is 0 Å². The lowest BCUT2D eigenvalue weighted by Gasteiger charge is -2.43. The number of rotatable bonds is 13. The van der Waals surface area contributed by atoms with Crippen molar-refractivity contribution in [3.8, 4) is 0 Å². The maximum absolute atomic E-state index is 15.5. The van der Waals surface area contributed by atoms with E-state index in [-0.39, 0.29) is 17.7 Å². The quantitative estimate of drug-likeness (QED) is 0.174. The molecular weight excluding hydrogens is 1360 g/mol. The number of amides is 12. The predicted octanol–water partition coefficient (Wildman–Crippen LogP) is 1.29. The highest BCUT2D eigenvalue weighted by Gasteiger charge is 2.64. The minimum Gasteiger partial charge on any atom is -0.462 e.